The zero-order valence-electron chi connectivity index (χ0n) is 16.0. The number of nitrogens with zero attached hydrogens (tertiary/aromatic N) is 2. The summed E-state index contributed by atoms with van der Waals surface area (Å²) in [6.07, 6.45) is 2.34. The zero-order valence-corrected chi connectivity index (χ0v) is 16.8. The molecule has 1 aromatic rings. The van der Waals surface area contributed by atoms with Crippen LogP contribution in [-0.2, 0) is 14.8 Å². The van der Waals surface area contributed by atoms with Crippen molar-refractivity contribution in [3.8, 4) is 5.75 Å². The summed E-state index contributed by atoms with van der Waals surface area (Å²) in [6, 6.07) is 6.78. The molecule has 150 valence electrons. The van der Waals surface area contributed by atoms with E-state index in [0.717, 1.165) is 0 Å². The summed E-state index contributed by atoms with van der Waals surface area (Å²) in [7, 11) is -1.68. The van der Waals surface area contributed by atoms with Crippen LogP contribution in [0.15, 0.2) is 24.3 Å². The molecule has 1 heterocycles. The van der Waals surface area contributed by atoms with Gasteiger partial charge in [0.15, 0.2) is 0 Å². The molecule has 0 spiro atoms. The highest BCUT2D eigenvalue weighted by Gasteiger charge is 2.29. The molecule has 0 bridgehead atoms. The molecule has 9 heteroatoms. The average Bonchev–Trinajstić information content (AvgIpc) is 2.65. The first-order chi connectivity index (χ1) is 12.7. The maximum atomic E-state index is 12.4. The molecule has 1 N–H and O–H groups in total. The molecule has 8 nitrogen and oxygen atoms in total. The Kier molecular flexibility index (Phi) is 7.20. The minimum atomic E-state index is -3.24. The fourth-order valence-electron chi connectivity index (χ4n) is 3.05. The van der Waals surface area contributed by atoms with E-state index in [-0.39, 0.29) is 24.4 Å². The molecule has 2 rings (SSSR count). The quantitative estimate of drug-likeness (QED) is 0.731. The lowest BCUT2D eigenvalue weighted by atomic mass is 10.1. The second-order valence-corrected chi connectivity index (χ2v) is 8.55. The number of carbonyl (C=O) groups is 2. The lowest BCUT2D eigenvalue weighted by Gasteiger charge is -2.35. The van der Waals surface area contributed by atoms with E-state index in [1.165, 1.54) is 10.6 Å². The van der Waals surface area contributed by atoms with E-state index in [1.807, 2.05) is 6.92 Å². The zero-order chi connectivity index (χ0) is 20.0. The highest BCUT2D eigenvalue weighted by Crippen LogP contribution is 2.19. The van der Waals surface area contributed by atoms with Gasteiger partial charge in [0.2, 0.25) is 15.9 Å². The number of rotatable bonds is 7. The number of nitrogens with one attached hydrogen (secondary N) is 1. The number of carbonyl (C=O) groups excluding carboxylic acids is 2. The minimum Gasteiger partial charge on any atom is -0.493 e. The Bertz CT molecular complexity index is 773. The molecular weight excluding hydrogens is 370 g/mol. The van der Waals surface area contributed by atoms with Crippen molar-refractivity contribution in [2.45, 2.75) is 25.8 Å². The predicted molar refractivity (Wildman–Crippen MR) is 102 cm³/mol. The number of amides is 2. The van der Waals surface area contributed by atoms with Crippen LogP contribution >= 0.6 is 0 Å². The summed E-state index contributed by atoms with van der Waals surface area (Å²) in [6.45, 7) is 3.11. The molecule has 1 aliphatic rings. The van der Waals surface area contributed by atoms with Crippen LogP contribution in [0.5, 0.6) is 5.75 Å². The Hall–Kier alpha value is -2.13. The van der Waals surface area contributed by atoms with Gasteiger partial charge in [-0.05, 0) is 31.9 Å². The Morgan fingerprint density at radius 2 is 1.89 bits per heavy atom. The van der Waals surface area contributed by atoms with Gasteiger partial charge in [-0.2, -0.15) is 0 Å². The van der Waals surface area contributed by atoms with Crippen molar-refractivity contribution in [2.75, 3.05) is 39.5 Å². The Balaban J connectivity index is 1.86. The van der Waals surface area contributed by atoms with Crippen molar-refractivity contribution in [1.82, 2.24) is 14.5 Å². The number of para-hydroxylation sites is 1. The number of sulfonamides is 1. The average molecular weight is 397 g/mol. The van der Waals surface area contributed by atoms with Gasteiger partial charge >= 0.3 is 0 Å². The number of benzene rings is 1. The molecule has 0 aromatic heterocycles. The second kappa shape index (κ2) is 9.18. The van der Waals surface area contributed by atoms with Gasteiger partial charge in [0, 0.05) is 26.2 Å². The third-order valence-electron chi connectivity index (χ3n) is 4.69. The summed E-state index contributed by atoms with van der Waals surface area (Å²) in [5.41, 5.74) is 0.389. The van der Waals surface area contributed by atoms with Gasteiger partial charge < -0.3 is 15.0 Å². The van der Waals surface area contributed by atoms with Gasteiger partial charge in [-0.1, -0.05) is 12.1 Å². The lowest BCUT2D eigenvalue weighted by Crippen LogP contribution is -2.49. The third-order valence-corrected chi connectivity index (χ3v) is 6.03. The van der Waals surface area contributed by atoms with Gasteiger partial charge in [0.05, 0.1) is 25.0 Å². The first-order valence-corrected chi connectivity index (χ1v) is 10.8. The van der Waals surface area contributed by atoms with Crippen LogP contribution in [0.25, 0.3) is 0 Å². The monoisotopic (exact) mass is 397 g/mol. The Labute approximate surface area is 160 Å². The van der Waals surface area contributed by atoms with Crippen LogP contribution in [0, 0.1) is 0 Å². The normalized spacial score (nSPS) is 15.6. The van der Waals surface area contributed by atoms with Crippen molar-refractivity contribution < 1.29 is 22.7 Å². The summed E-state index contributed by atoms with van der Waals surface area (Å²) in [5.74, 6) is -0.0635. The van der Waals surface area contributed by atoms with Gasteiger partial charge in [0.25, 0.3) is 5.91 Å². The molecular formula is C18H27N3O5S. The second-order valence-electron chi connectivity index (χ2n) is 6.50. The summed E-state index contributed by atoms with van der Waals surface area (Å²) in [4.78, 5) is 26.4. The molecule has 0 unspecified atom stereocenters. The van der Waals surface area contributed by atoms with E-state index in [1.54, 1.807) is 36.2 Å². The Morgan fingerprint density at radius 1 is 1.26 bits per heavy atom. The van der Waals surface area contributed by atoms with Crippen LogP contribution in [-0.4, -0.2) is 75.0 Å². The molecule has 1 aromatic carbocycles. The molecule has 0 saturated carbocycles. The first kappa shape index (κ1) is 21.2. The number of ether oxygens (including phenoxy) is 1. The first-order valence-electron chi connectivity index (χ1n) is 8.94. The molecule has 27 heavy (non-hydrogen) atoms. The maximum Gasteiger partial charge on any atom is 0.255 e. The van der Waals surface area contributed by atoms with Crippen molar-refractivity contribution in [1.29, 1.82) is 0 Å². The summed E-state index contributed by atoms with van der Waals surface area (Å²) >= 11 is 0. The fraction of sp³-hybridized carbons (Fsp3) is 0.556. The smallest absolute Gasteiger partial charge is 0.255 e. The van der Waals surface area contributed by atoms with E-state index >= 15 is 0 Å². The summed E-state index contributed by atoms with van der Waals surface area (Å²) < 4.78 is 30.0. The maximum absolute atomic E-state index is 12.4. The molecule has 2 amide bonds. The molecule has 0 aliphatic carbocycles. The minimum absolute atomic E-state index is 0.100. The predicted octanol–water partition coefficient (Wildman–Crippen LogP) is 0.698. The standard InChI is InChI=1S/C18H27N3O5S/c1-4-26-16-8-6-5-7-15(16)18(23)19-13-17(22)21-11-9-14(10-12-21)20(2)27(3,24)25/h5-8,14H,4,9-13H2,1-3H3,(H,19,23). The van der Waals surface area contributed by atoms with Gasteiger partial charge in [-0.25, -0.2) is 12.7 Å². The van der Waals surface area contributed by atoms with Gasteiger partial charge in [-0.3, -0.25) is 9.59 Å². The van der Waals surface area contributed by atoms with E-state index < -0.39 is 10.0 Å². The number of likely N-dealkylation sites (tertiary alicyclic amines) is 1. The molecule has 1 fully saturated rings. The van der Waals surface area contributed by atoms with Crippen molar-refractivity contribution >= 4 is 21.8 Å². The third kappa shape index (κ3) is 5.67. The van der Waals surface area contributed by atoms with Crippen LogP contribution in [0.1, 0.15) is 30.1 Å². The fourth-order valence-corrected chi connectivity index (χ4v) is 3.80. The van der Waals surface area contributed by atoms with Gasteiger partial charge in [-0.15, -0.1) is 0 Å². The summed E-state index contributed by atoms with van der Waals surface area (Å²) in [5, 5.41) is 2.64. The molecule has 1 aliphatic heterocycles. The highest BCUT2D eigenvalue weighted by atomic mass is 32.2. The SMILES string of the molecule is CCOc1ccccc1C(=O)NCC(=O)N1CCC(N(C)S(C)(=O)=O)CC1. The van der Waals surface area contributed by atoms with Crippen LogP contribution in [0.4, 0.5) is 0 Å². The molecule has 0 radical (unpaired) electrons. The van der Waals surface area contributed by atoms with E-state index in [0.29, 0.717) is 43.9 Å². The van der Waals surface area contributed by atoms with E-state index in [9.17, 15) is 18.0 Å². The number of hydrogen-bond donors (Lipinski definition) is 1. The topological polar surface area (TPSA) is 96.0 Å². The number of piperidine rings is 1. The van der Waals surface area contributed by atoms with Crippen molar-refractivity contribution in [2.24, 2.45) is 0 Å². The molecule has 1 saturated heterocycles. The highest BCUT2D eigenvalue weighted by molar-refractivity contribution is 7.88. The van der Waals surface area contributed by atoms with Crippen molar-refractivity contribution in [3.63, 3.8) is 0 Å². The van der Waals surface area contributed by atoms with Crippen molar-refractivity contribution in [3.05, 3.63) is 29.8 Å². The van der Waals surface area contributed by atoms with Crippen LogP contribution in [0.2, 0.25) is 0 Å². The largest absolute Gasteiger partial charge is 0.493 e. The number of hydrogen-bond acceptors (Lipinski definition) is 5. The van der Waals surface area contributed by atoms with Gasteiger partial charge in [0.1, 0.15) is 5.75 Å². The Morgan fingerprint density at radius 3 is 2.48 bits per heavy atom. The molecule has 0 atom stereocenters. The van der Waals surface area contributed by atoms with E-state index in [4.69, 9.17) is 4.74 Å². The van der Waals surface area contributed by atoms with Crippen LogP contribution < -0.4 is 10.1 Å². The van der Waals surface area contributed by atoms with Crippen LogP contribution in [0.3, 0.4) is 0 Å². The lowest BCUT2D eigenvalue weighted by molar-refractivity contribution is -0.131. The van der Waals surface area contributed by atoms with E-state index in [2.05, 4.69) is 5.32 Å².